The highest BCUT2D eigenvalue weighted by atomic mass is 32.1. The number of nitrogens with zero attached hydrogens (tertiary/aromatic N) is 1. The summed E-state index contributed by atoms with van der Waals surface area (Å²) in [6.45, 7) is 3.21. The molecule has 1 heterocycles. The van der Waals surface area contributed by atoms with Gasteiger partial charge >= 0.3 is 0 Å². The summed E-state index contributed by atoms with van der Waals surface area (Å²) in [5.41, 5.74) is 0.795. The number of rotatable bonds is 5. The zero-order valence-corrected chi connectivity index (χ0v) is 11.9. The monoisotopic (exact) mass is 262 g/mol. The number of hydrogen-bond donors (Lipinski definition) is 1. The van der Waals surface area contributed by atoms with Crippen LogP contribution in [0.4, 0.5) is 0 Å². The average Bonchev–Trinajstić information content (AvgIpc) is 2.86. The lowest BCUT2D eigenvalue weighted by molar-refractivity contribution is 0.278. The lowest BCUT2D eigenvalue weighted by Gasteiger charge is -2.28. The molecule has 0 bridgehead atoms. The van der Waals surface area contributed by atoms with Crippen LogP contribution in [0.15, 0.2) is 11.4 Å². The summed E-state index contributed by atoms with van der Waals surface area (Å²) in [5.74, 6) is 0.972. The van der Waals surface area contributed by atoms with Crippen molar-refractivity contribution in [2.45, 2.75) is 58.0 Å². The van der Waals surface area contributed by atoms with Crippen molar-refractivity contribution in [3.63, 3.8) is 0 Å². The number of nitriles is 1. The van der Waals surface area contributed by atoms with Gasteiger partial charge in [0.2, 0.25) is 0 Å². The van der Waals surface area contributed by atoms with Crippen molar-refractivity contribution in [3.05, 3.63) is 21.9 Å². The van der Waals surface area contributed by atoms with Crippen LogP contribution >= 0.6 is 11.3 Å². The van der Waals surface area contributed by atoms with Crippen LogP contribution in [0.25, 0.3) is 0 Å². The first-order chi connectivity index (χ1) is 8.81. The van der Waals surface area contributed by atoms with Gasteiger partial charge in [-0.15, -0.1) is 11.3 Å². The van der Waals surface area contributed by atoms with Crippen molar-refractivity contribution >= 4 is 11.3 Å². The summed E-state index contributed by atoms with van der Waals surface area (Å²) in [4.78, 5) is 1.28. The Kier molecular flexibility index (Phi) is 5.22. The fourth-order valence-corrected chi connectivity index (χ4v) is 3.60. The van der Waals surface area contributed by atoms with Crippen molar-refractivity contribution < 1.29 is 0 Å². The minimum Gasteiger partial charge on any atom is -0.309 e. The molecule has 98 valence electrons. The third kappa shape index (κ3) is 3.83. The van der Waals surface area contributed by atoms with Crippen LogP contribution in [0.1, 0.15) is 55.9 Å². The van der Waals surface area contributed by atoms with E-state index in [1.807, 2.05) is 11.4 Å². The van der Waals surface area contributed by atoms with Gasteiger partial charge in [-0.1, -0.05) is 19.8 Å². The summed E-state index contributed by atoms with van der Waals surface area (Å²) in [6, 6.07) is 4.87. The molecule has 3 heteroatoms. The third-order valence-electron chi connectivity index (χ3n) is 3.89. The normalized spacial score (nSPS) is 23.8. The maximum absolute atomic E-state index is 8.78. The molecule has 2 rings (SSSR count). The van der Waals surface area contributed by atoms with Crippen LogP contribution < -0.4 is 5.32 Å². The van der Waals surface area contributed by atoms with Crippen molar-refractivity contribution in [2.24, 2.45) is 5.92 Å². The molecule has 18 heavy (non-hydrogen) atoms. The molecule has 0 saturated heterocycles. The molecule has 1 N–H and O–H groups in total. The topological polar surface area (TPSA) is 35.8 Å². The van der Waals surface area contributed by atoms with E-state index < -0.39 is 0 Å². The van der Waals surface area contributed by atoms with E-state index in [9.17, 15) is 0 Å². The highest BCUT2D eigenvalue weighted by molar-refractivity contribution is 7.10. The Balaban J connectivity index is 1.70. The largest absolute Gasteiger partial charge is 0.309 e. The second-order valence-electron chi connectivity index (χ2n) is 5.30. The standard InChI is InChI=1S/C15H22N2S/c1-2-3-12-4-6-14(7-5-12)17-10-15-8-13(9-16)11-18-15/h8,11-12,14,17H,2-7,10H2,1H3. The van der Waals surface area contributed by atoms with Gasteiger partial charge in [0.25, 0.3) is 0 Å². The first-order valence-electron chi connectivity index (χ1n) is 7.02. The molecular weight excluding hydrogens is 240 g/mol. The Morgan fingerprint density at radius 1 is 1.39 bits per heavy atom. The Hall–Kier alpha value is -0.850. The fourth-order valence-electron chi connectivity index (χ4n) is 2.84. The van der Waals surface area contributed by atoms with E-state index >= 15 is 0 Å². The van der Waals surface area contributed by atoms with Gasteiger partial charge < -0.3 is 5.32 Å². The SMILES string of the molecule is CCCC1CCC(NCc2cc(C#N)cs2)CC1. The van der Waals surface area contributed by atoms with E-state index in [0.29, 0.717) is 6.04 Å². The van der Waals surface area contributed by atoms with Gasteiger partial charge in [0.05, 0.1) is 5.56 Å². The molecule has 0 atom stereocenters. The summed E-state index contributed by atoms with van der Waals surface area (Å²) in [5, 5.41) is 14.4. The highest BCUT2D eigenvalue weighted by Gasteiger charge is 2.20. The first kappa shape index (κ1) is 13.6. The summed E-state index contributed by atoms with van der Waals surface area (Å²) in [6.07, 6.45) is 8.15. The molecule has 1 aliphatic carbocycles. The maximum Gasteiger partial charge on any atom is 0.100 e. The zero-order valence-electron chi connectivity index (χ0n) is 11.1. The lowest BCUT2D eigenvalue weighted by atomic mass is 9.83. The Labute approximate surface area is 114 Å². The van der Waals surface area contributed by atoms with Gasteiger partial charge in [0.15, 0.2) is 0 Å². The van der Waals surface area contributed by atoms with Gasteiger partial charge in [-0.25, -0.2) is 0 Å². The van der Waals surface area contributed by atoms with Crippen LogP contribution in [-0.4, -0.2) is 6.04 Å². The van der Waals surface area contributed by atoms with E-state index in [4.69, 9.17) is 5.26 Å². The minimum atomic E-state index is 0.686. The predicted octanol–water partition coefficient (Wildman–Crippen LogP) is 4.07. The lowest BCUT2D eigenvalue weighted by Crippen LogP contribution is -2.32. The van der Waals surface area contributed by atoms with Crippen molar-refractivity contribution in [1.82, 2.24) is 5.32 Å². The van der Waals surface area contributed by atoms with Crippen molar-refractivity contribution in [3.8, 4) is 6.07 Å². The van der Waals surface area contributed by atoms with Crippen LogP contribution in [-0.2, 0) is 6.54 Å². The number of thiophene rings is 1. The molecular formula is C15H22N2S. The molecule has 0 spiro atoms. The summed E-state index contributed by atoms with van der Waals surface area (Å²) >= 11 is 1.69. The van der Waals surface area contributed by atoms with Gasteiger partial charge in [0, 0.05) is 22.8 Å². The molecule has 1 aliphatic rings. The van der Waals surface area contributed by atoms with Gasteiger partial charge in [-0.3, -0.25) is 0 Å². The van der Waals surface area contributed by atoms with Gasteiger partial charge in [-0.2, -0.15) is 5.26 Å². The second kappa shape index (κ2) is 6.92. The molecule has 0 radical (unpaired) electrons. The molecule has 1 aromatic rings. The smallest absolute Gasteiger partial charge is 0.100 e. The molecule has 0 aromatic carbocycles. The number of nitrogens with one attached hydrogen (secondary N) is 1. The quantitative estimate of drug-likeness (QED) is 0.868. The highest BCUT2D eigenvalue weighted by Crippen LogP contribution is 2.28. The van der Waals surface area contributed by atoms with Gasteiger partial charge in [-0.05, 0) is 37.7 Å². The predicted molar refractivity (Wildman–Crippen MR) is 76.5 cm³/mol. The Bertz CT molecular complexity index is 397. The summed E-state index contributed by atoms with van der Waals surface area (Å²) < 4.78 is 0. The maximum atomic E-state index is 8.78. The first-order valence-corrected chi connectivity index (χ1v) is 7.90. The molecule has 1 saturated carbocycles. The molecule has 2 nitrogen and oxygen atoms in total. The molecule has 0 aliphatic heterocycles. The van der Waals surface area contributed by atoms with E-state index in [1.54, 1.807) is 11.3 Å². The van der Waals surface area contributed by atoms with E-state index in [-0.39, 0.29) is 0 Å². The number of hydrogen-bond acceptors (Lipinski definition) is 3. The van der Waals surface area contributed by atoms with Crippen LogP contribution in [0.5, 0.6) is 0 Å². The molecule has 1 fully saturated rings. The van der Waals surface area contributed by atoms with Crippen molar-refractivity contribution in [1.29, 1.82) is 5.26 Å². The van der Waals surface area contributed by atoms with E-state index in [1.165, 1.54) is 43.4 Å². The van der Waals surface area contributed by atoms with Crippen LogP contribution in [0.2, 0.25) is 0 Å². The van der Waals surface area contributed by atoms with Crippen LogP contribution in [0, 0.1) is 17.2 Å². The fraction of sp³-hybridized carbons (Fsp3) is 0.667. The minimum absolute atomic E-state index is 0.686. The second-order valence-corrected chi connectivity index (χ2v) is 6.30. The van der Waals surface area contributed by atoms with Gasteiger partial charge in [0.1, 0.15) is 6.07 Å². The Morgan fingerprint density at radius 3 is 2.78 bits per heavy atom. The van der Waals surface area contributed by atoms with Crippen molar-refractivity contribution in [2.75, 3.05) is 0 Å². The van der Waals surface area contributed by atoms with E-state index in [2.05, 4.69) is 18.3 Å². The average molecular weight is 262 g/mol. The summed E-state index contributed by atoms with van der Waals surface area (Å²) in [7, 11) is 0. The zero-order chi connectivity index (χ0) is 12.8. The molecule has 0 amide bonds. The third-order valence-corrected chi connectivity index (χ3v) is 4.83. The molecule has 1 aromatic heterocycles. The van der Waals surface area contributed by atoms with Crippen LogP contribution in [0.3, 0.4) is 0 Å². The van der Waals surface area contributed by atoms with E-state index in [0.717, 1.165) is 18.0 Å². The molecule has 0 unspecified atom stereocenters. The Morgan fingerprint density at radius 2 is 2.17 bits per heavy atom.